The van der Waals surface area contributed by atoms with Crippen molar-refractivity contribution in [3.63, 3.8) is 0 Å². The van der Waals surface area contributed by atoms with E-state index in [0.717, 1.165) is 11.6 Å². The van der Waals surface area contributed by atoms with Gasteiger partial charge in [-0.1, -0.05) is 12.1 Å². The zero-order valence-electron chi connectivity index (χ0n) is 17.8. The molecular formula is C23H28F3N5O2. The Kier molecular flexibility index (Phi) is 6.19. The largest absolute Gasteiger partial charge is 0.497 e. The Labute approximate surface area is 192 Å². The van der Waals surface area contributed by atoms with Crippen molar-refractivity contribution in [3.05, 3.63) is 77.1 Å². The molecule has 0 amide bonds. The van der Waals surface area contributed by atoms with E-state index in [1.165, 1.54) is 24.4 Å². The number of ketones is 1. The number of nitrogens with one attached hydrogen (secondary N) is 1. The molecule has 7 nitrogen and oxygen atoms in total. The number of hydrogen-bond donors (Lipinski definition) is 2. The lowest BCUT2D eigenvalue weighted by atomic mass is 10.0. The first-order valence-corrected chi connectivity index (χ1v) is 10.2. The molecule has 4 rings (SSSR count). The fraction of sp³-hybridized carbons (Fsp3) is 0.261. The van der Waals surface area contributed by atoms with Gasteiger partial charge in [-0.2, -0.15) is 13.2 Å². The Bertz CT molecular complexity index is 1180. The van der Waals surface area contributed by atoms with Crippen molar-refractivity contribution in [2.24, 2.45) is 0 Å². The first kappa shape index (κ1) is 22.5. The maximum absolute atomic E-state index is 13.7. The molecule has 0 aliphatic carbocycles. The molecule has 1 unspecified atom stereocenters. The SMILES string of the molecule is COc1cccc(C2CN(c3ccc(C(F)(F)F)c(C(=O)c4cccnc4N)n3)CCN2)c1.[HH].[HH].[HH]. The molecule has 3 heterocycles. The number of nitrogen functional groups attached to an aromatic ring is 1. The van der Waals surface area contributed by atoms with Gasteiger partial charge in [-0.05, 0) is 42.0 Å². The zero-order chi connectivity index (χ0) is 23.6. The normalized spacial score (nSPS) is 16.5. The van der Waals surface area contributed by atoms with Gasteiger partial charge in [0.05, 0.1) is 24.3 Å². The summed E-state index contributed by atoms with van der Waals surface area (Å²) >= 11 is 0. The number of pyridine rings is 2. The standard InChI is InChI=1S/C23H22F3N5O2.3H2/c1-33-15-5-2-4-14(12-15)18-13-31(11-10-28-18)19-8-7-17(23(24,25)26)20(30-19)21(32)16-6-3-9-29-22(16)27;;;/h2-9,12,18,28H,10-11,13H2,1H3,(H2,27,29);3*1H. The van der Waals surface area contributed by atoms with Crippen LogP contribution in [0.4, 0.5) is 24.8 Å². The second-order valence-corrected chi connectivity index (χ2v) is 7.56. The third kappa shape index (κ3) is 4.75. The number of methoxy groups -OCH3 is 1. The second kappa shape index (κ2) is 9.07. The molecule has 3 N–H and O–H groups in total. The summed E-state index contributed by atoms with van der Waals surface area (Å²) in [6, 6.07) is 12.4. The molecular weight excluding hydrogens is 435 g/mol. The van der Waals surface area contributed by atoms with Crippen LogP contribution in [0.3, 0.4) is 0 Å². The number of anilines is 2. The molecule has 178 valence electrons. The first-order chi connectivity index (χ1) is 15.8. The number of ether oxygens (including phenoxy) is 1. The highest BCUT2D eigenvalue weighted by Gasteiger charge is 2.37. The van der Waals surface area contributed by atoms with Gasteiger partial charge in [0.2, 0.25) is 5.78 Å². The molecule has 1 aliphatic rings. The maximum Gasteiger partial charge on any atom is 0.418 e. The van der Waals surface area contributed by atoms with Gasteiger partial charge < -0.3 is 20.7 Å². The van der Waals surface area contributed by atoms with Gasteiger partial charge in [0, 0.05) is 30.1 Å². The van der Waals surface area contributed by atoms with Gasteiger partial charge >= 0.3 is 6.18 Å². The number of hydrogen-bond acceptors (Lipinski definition) is 7. The molecule has 1 aromatic carbocycles. The van der Waals surface area contributed by atoms with Crippen LogP contribution in [-0.2, 0) is 6.18 Å². The van der Waals surface area contributed by atoms with Gasteiger partial charge in [0.1, 0.15) is 23.1 Å². The summed E-state index contributed by atoms with van der Waals surface area (Å²) in [6.07, 6.45) is -3.39. The van der Waals surface area contributed by atoms with Crippen LogP contribution in [0.5, 0.6) is 5.75 Å². The van der Waals surface area contributed by atoms with Crippen molar-refractivity contribution in [1.82, 2.24) is 15.3 Å². The van der Waals surface area contributed by atoms with Crippen LogP contribution < -0.4 is 20.7 Å². The van der Waals surface area contributed by atoms with E-state index in [1.807, 2.05) is 29.2 Å². The molecule has 0 saturated carbocycles. The number of piperazine rings is 1. The van der Waals surface area contributed by atoms with Crippen molar-refractivity contribution in [3.8, 4) is 5.75 Å². The molecule has 0 spiro atoms. The molecule has 33 heavy (non-hydrogen) atoms. The number of nitrogens with zero attached hydrogens (tertiary/aromatic N) is 3. The lowest BCUT2D eigenvalue weighted by Crippen LogP contribution is -2.46. The van der Waals surface area contributed by atoms with Crippen LogP contribution in [0.25, 0.3) is 0 Å². The average molecular weight is 464 g/mol. The Balaban J connectivity index is 0.00000216. The van der Waals surface area contributed by atoms with Crippen LogP contribution >= 0.6 is 0 Å². The minimum atomic E-state index is -4.75. The quantitative estimate of drug-likeness (QED) is 0.548. The average Bonchev–Trinajstić information content (AvgIpc) is 2.83. The van der Waals surface area contributed by atoms with Gasteiger partial charge in [0.15, 0.2) is 0 Å². The summed E-state index contributed by atoms with van der Waals surface area (Å²) in [5, 5.41) is 3.40. The van der Waals surface area contributed by atoms with Gasteiger partial charge in [-0.3, -0.25) is 4.79 Å². The molecule has 0 bridgehead atoms. The van der Waals surface area contributed by atoms with Crippen LogP contribution in [-0.4, -0.2) is 42.5 Å². The summed E-state index contributed by atoms with van der Waals surface area (Å²) in [7, 11) is 1.58. The fourth-order valence-electron chi connectivity index (χ4n) is 3.80. The van der Waals surface area contributed by atoms with Crippen LogP contribution in [0, 0.1) is 0 Å². The van der Waals surface area contributed by atoms with Gasteiger partial charge in [-0.15, -0.1) is 0 Å². The van der Waals surface area contributed by atoms with Crippen molar-refractivity contribution < 1.29 is 27.0 Å². The third-order valence-corrected chi connectivity index (χ3v) is 5.48. The minimum absolute atomic E-state index is 0. The van der Waals surface area contributed by atoms with Crippen LogP contribution in [0.1, 0.15) is 37.5 Å². The zero-order valence-corrected chi connectivity index (χ0v) is 17.8. The number of halogens is 3. The van der Waals surface area contributed by atoms with Crippen molar-refractivity contribution >= 4 is 17.4 Å². The Hall–Kier alpha value is -3.66. The highest BCUT2D eigenvalue weighted by Crippen LogP contribution is 2.34. The number of alkyl halides is 3. The van der Waals surface area contributed by atoms with E-state index in [1.54, 1.807) is 7.11 Å². The number of aromatic nitrogens is 2. The van der Waals surface area contributed by atoms with E-state index in [9.17, 15) is 18.0 Å². The fourth-order valence-corrected chi connectivity index (χ4v) is 3.80. The lowest BCUT2D eigenvalue weighted by Gasteiger charge is -2.35. The summed E-state index contributed by atoms with van der Waals surface area (Å²) in [6.45, 7) is 1.55. The molecule has 0 radical (unpaired) electrons. The van der Waals surface area contributed by atoms with Crippen LogP contribution in [0.15, 0.2) is 54.7 Å². The molecule has 2 aromatic heterocycles. The minimum Gasteiger partial charge on any atom is -0.497 e. The number of carbonyl (C=O) groups is 1. The van der Waals surface area contributed by atoms with E-state index in [0.29, 0.717) is 25.4 Å². The first-order valence-electron chi connectivity index (χ1n) is 10.2. The number of carbonyl (C=O) groups excluding carboxylic acids is 1. The maximum atomic E-state index is 13.7. The van der Waals surface area contributed by atoms with E-state index >= 15 is 0 Å². The monoisotopic (exact) mass is 463 g/mol. The number of benzene rings is 1. The summed E-state index contributed by atoms with van der Waals surface area (Å²) < 4.78 is 46.3. The summed E-state index contributed by atoms with van der Waals surface area (Å²) in [4.78, 5) is 22.8. The Morgan fingerprint density at radius 2 is 2.06 bits per heavy atom. The van der Waals surface area contributed by atoms with Crippen LogP contribution in [0.2, 0.25) is 0 Å². The second-order valence-electron chi connectivity index (χ2n) is 7.56. The Morgan fingerprint density at radius 1 is 1.24 bits per heavy atom. The number of nitrogens with two attached hydrogens (primary N) is 1. The highest BCUT2D eigenvalue weighted by atomic mass is 19.4. The summed E-state index contributed by atoms with van der Waals surface area (Å²) in [5.74, 6) is -0.0819. The summed E-state index contributed by atoms with van der Waals surface area (Å²) in [5.41, 5.74) is 4.78. The molecule has 1 saturated heterocycles. The molecule has 10 heteroatoms. The molecule has 1 atom stereocenters. The third-order valence-electron chi connectivity index (χ3n) is 5.48. The van der Waals surface area contributed by atoms with E-state index < -0.39 is 23.2 Å². The molecule has 1 fully saturated rings. The highest BCUT2D eigenvalue weighted by molar-refractivity contribution is 6.11. The van der Waals surface area contributed by atoms with E-state index in [4.69, 9.17) is 10.5 Å². The Morgan fingerprint density at radius 3 is 2.79 bits per heavy atom. The van der Waals surface area contributed by atoms with Gasteiger partial charge in [-0.25, -0.2) is 9.97 Å². The van der Waals surface area contributed by atoms with E-state index in [2.05, 4.69) is 15.3 Å². The topological polar surface area (TPSA) is 93.4 Å². The number of rotatable bonds is 5. The predicted molar refractivity (Wildman–Crippen MR) is 124 cm³/mol. The predicted octanol–water partition coefficient (Wildman–Crippen LogP) is 4.21. The molecule has 3 aromatic rings. The van der Waals surface area contributed by atoms with Crippen molar-refractivity contribution in [2.75, 3.05) is 37.4 Å². The van der Waals surface area contributed by atoms with Crippen molar-refractivity contribution in [1.29, 1.82) is 0 Å². The van der Waals surface area contributed by atoms with E-state index in [-0.39, 0.29) is 27.5 Å². The lowest BCUT2D eigenvalue weighted by molar-refractivity contribution is -0.138. The molecule has 1 aliphatic heterocycles. The van der Waals surface area contributed by atoms with Crippen molar-refractivity contribution in [2.45, 2.75) is 12.2 Å². The smallest absolute Gasteiger partial charge is 0.418 e. The van der Waals surface area contributed by atoms with Gasteiger partial charge in [0.25, 0.3) is 0 Å².